The van der Waals surface area contributed by atoms with E-state index >= 15 is 0 Å². The number of rotatable bonds is 3. The topological polar surface area (TPSA) is 104 Å². The van der Waals surface area contributed by atoms with Gasteiger partial charge in [0.05, 0.1) is 6.04 Å². The van der Waals surface area contributed by atoms with Gasteiger partial charge in [-0.2, -0.15) is 0 Å². The molecule has 2 aromatic carbocycles. The highest BCUT2D eigenvalue weighted by atomic mass is 35.5. The molecule has 9 nitrogen and oxygen atoms in total. The highest BCUT2D eigenvalue weighted by Gasteiger charge is 2.39. The van der Waals surface area contributed by atoms with Gasteiger partial charge in [-0.15, -0.1) is 0 Å². The highest BCUT2D eigenvalue weighted by Crippen LogP contribution is 2.40. The van der Waals surface area contributed by atoms with Crippen molar-refractivity contribution in [2.24, 2.45) is 10.9 Å². The number of nitrogens with one attached hydrogen (secondary N) is 1. The summed E-state index contributed by atoms with van der Waals surface area (Å²) in [5.74, 6) is 0.781. The standard InChI is InChI=1S/C19H15ClN6O3/c1-10-16(18(27)22-13-5-3-12(20)4-6-13)17(26-19(21-10)23-24-25-26)11-2-7-14-15(8-11)29-9-28-14/h2-8,16-17H,9H2,1H3,(H,22,27). The Labute approximate surface area is 170 Å². The third kappa shape index (κ3) is 3.09. The predicted molar refractivity (Wildman–Crippen MR) is 105 cm³/mol. The van der Waals surface area contributed by atoms with E-state index in [1.165, 1.54) is 0 Å². The number of hydrogen-bond donors (Lipinski definition) is 1. The Kier molecular flexibility index (Phi) is 4.17. The Balaban J connectivity index is 1.54. The monoisotopic (exact) mass is 410 g/mol. The average Bonchev–Trinajstić information content (AvgIpc) is 3.36. The fraction of sp³-hybridized carbons (Fsp3) is 0.211. The van der Waals surface area contributed by atoms with E-state index in [4.69, 9.17) is 21.1 Å². The molecule has 3 heterocycles. The maximum absolute atomic E-state index is 13.2. The number of nitrogens with zero attached hydrogens (tertiary/aromatic N) is 5. The quantitative estimate of drug-likeness (QED) is 0.711. The van der Waals surface area contributed by atoms with Crippen LogP contribution in [0.2, 0.25) is 5.02 Å². The van der Waals surface area contributed by atoms with E-state index in [-0.39, 0.29) is 12.7 Å². The highest BCUT2D eigenvalue weighted by molar-refractivity contribution is 6.30. The molecule has 2 aliphatic rings. The third-order valence-electron chi connectivity index (χ3n) is 4.91. The van der Waals surface area contributed by atoms with Gasteiger partial charge in [0.1, 0.15) is 5.92 Å². The lowest BCUT2D eigenvalue weighted by Gasteiger charge is -2.29. The number of anilines is 1. The molecule has 5 rings (SSSR count). The number of aliphatic imine (C=N–C) groups is 1. The lowest BCUT2D eigenvalue weighted by atomic mass is 9.87. The molecule has 2 aliphatic heterocycles. The minimum Gasteiger partial charge on any atom is -0.454 e. The zero-order valence-electron chi connectivity index (χ0n) is 15.2. The molecule has 2 unspecified atom stereocenters. The number of carbonyl (C=O) groups is 1. The molecular formula is C19H15ClN6O3. The van der Waals surface area contributed by atoms with Gasteiger partial charge in [0.2, 0.25) is 12.7 Å². The molecular weight excluding hydrogens is 396 g/mol. The summed E-state index contributed by atoms with van der Waals surface area (Å²) in [5.41, 5.74) is 2.06. The fourth-order valence-corrected chi connectivity index (χ4v) is 3.68. The summed E-state index contributed by atoms with van der Waals surface area (Å²) in [7, 11) is 0. The smallest absolute Gasteiger partial charge is 0.269 e. The van der Waals surface area contributed by atoms with Gasteiger partial charge < -0.3 is 14.8 Å². The lowest BCUT2D eigenvalue weighted by molar-refractivity contribution is -0.118. The van der Waals surface area contributed by atoms with E-state index in [9.17, 15) is 4.79 Å². The van der Waals surface area contributed by atoms with Gasteiger partial charge in [0.15, 0.2) is 11.5 Å². The van der Waals surface area contributed by atoms with Crippen LogP contribution in [0.5, 0.6) is 11.5 Å². The minimum absolute atomic E-state index is 0.167. The van der Waals surface area contributed by atoms with Gasteiger partial charge >= 0.3 is 0 Å². The van der Waals surface area contributed by atoms with Crippen LogP contribution in [0.15, 0.2) is 47.5 Å². The van der Waals surface area contributed by atoms with Gasteiger partial charge in [-0.1, -0.05) is 22.8 Å². The summed E-state index contributed by atoms with van der Waals surface area (Å²) in [4.78, 5) is 17.7. The lowest BCUT2D eigenvalue weighted by Crippen LogP contribution is -2.39. The molecule has 3 aromatic rings. The molecule has 2 atom stereocenters. The molecule has 10 heteroatoms. The van der Waals surface area contributed by atoms with Crippen LogP contribution < -0.4 is 14.8 Å². The zero-order valence-corrected chi connectivity index (χ0v) is 16.0. The number of fused-ring (bicyclic) bond motifs is 2. The van der Waals surface area contributed by atoms with E-state index in [1.54, 1.807) is 35.9 Å². The first-order chi connectivity index (χ1) is 14.1. The number of aromatic nitrogens is 4. The Morgan fingerprint density at radius 2 is 1.97 bits per heavy atom. The molecule has 0 radical (unpaired) electrons. The van der Waals surface area contributed by atoms with Crippen molar-refractivity contribution in [1.29, 1.82) is 0 Å². The first-order valence-electron chi connectivity index (χ1n) is 8.89. The number of ether oxygens (including phenoxy) is 2. The predicted octanol–water partition coefficient (Wildman–Crippen LogP) is 3.01. The van der Waals surface area contributed by atoms with Crippen molar-refractivity contribution in [2.75, 3.05) is 12.1 Å². The number of tetrazole rings is 1. The van der Waals surface area contributed by atoms with Gasteiger partial charge in [0.25, 0.3) is 5.95 Å². The van der Waals surface area contributed by atoms with E-state index < -0.39 is 12.0 Å². The molecule has 0 aliphatic carbocycles. The number of amides is 1. The van der Waals surface area contributed by atoms with Crippen molar-refractivity contribution in [3.63, 3.8) is 0 Å². The van der Waals surface area contributed by atoms with Gasteiger partial charge in [-0.25, -0.2) is 9.67 Å². The SMILES string of the molecule is CC1=Nc2nnnn2C(c2ccc3c(c2)OCO3)C1C(=O)Nc1ccc(Cl)cc1. The molecule has 0 fully saturated rings. The zero-order chi connectivity index (χ0) is 20.0. The summed E-state index contributed by atoms with van der Waals surface area (Å²) in [6.45, 7) is 1.96. The summed E-state index contributed by atoms with van der Waals surface area (Å²) >= 11 is 5.93. The van der Waals surface area contributed by atoms with Crippen LogP contribution in [0.4, 0.5) is 11.6 Å². The molecule has 1 aromatic heterocycles. The number of carbonyl (C=O) groups excluding carboxylic acids is 1. The van der Waals surface area contributed by atoms with Crippen molar-refractivity contribution in [3.8, 4) is 11.5 Å². The maximum Gasteiger partial charge on any atom is 0.269 e. The number of halogens is 1. The van der Waals surface area contributed by atoms with E-state index in [2.05, 4.69) is 25.8 Å². The van der Waals surface area contributed by atoms with Crippen LogP contribution >= 0.6 is 11.6 Å². The fourth-order valence-electron chi connectivity index (χ4n) is 3.56. The van der Waals surface area contributed by atoms with Crippen molar-refractivity contribution in [3.05, 3.63) is 53.1 Å². The molecule has 146 valence electrons. The van der Waals surface area contributed by atoms with Crippen molar-refractivity contribution < 1.29 is 14.3 Å². The second-order valence-corrected chi connectivity index (χ2v) is 7.14. The van der Waals surface area contributed by atoms with Crippen LogP contribution in [0, 0.1) is 5.92 Å². The molecule has 1 amide bonds. The van der Waals surface area contributed by atoms with Gasteiger partial charge in [-0.05, 0) is 59.3 Å². The average molecular weight is 411 g/mol. The van der Waals surface area contributed by atoms with E-state index in [1.807, 2.05) is 18.2 Å². The van der Waals surface area contributed by atoms with Crippen LogP contribution in [-0.4, -0.2) is 38.6 Å². The van der Waals surface area contributed by atoms with Gasteiger partial charge in [-0.3, -0.25) is 4.79 Å². The van der Waals surface area contributed by atoms with Crippen LogP contribution in [0.3, 0.4) is 0 Å². The van der Waals surface area contributed by atoms with Gasteiger partial charge in [0, 0.05) is 16.4 Å². The molecule has 0 bridgehead atoms. The van der Waals surface area contributed by atoms with Crippen molar-refractivity contribution in [2.45, 2.75) is 13.0 Å². The largest absolute Gasteiger partial charge is 0.454 e. The summed E-state index contributed by atoms with van der Waals surface area (Å²) in [5, 5.41) is 15.3. The summed E-state index contributed by atoms with van der Waals surface area (Å²) in [6, 6.07) is 12.0. The van der Waals surface area contributed by atoms with E-state index in [0.717, 1.165) is 5.56 Å². The molecule has 29 heavy (non-hydrogen) atoms. The summed E-state index contributed by atoms with van der Waals surface area (Å²) in [6.07, 6.45) is 0. The van der Waals surface area contributed by atoms with Crippen LogP contribution in [-0.2, 0) is 4.79 Å². The third-order valence-corrected chi connectivity index (χ3v) is 5.17. The normalized spacial score (nSPS) is 19.4. The Morgan fingerprint density at radius 3 is 2.79 bits per heavy atom. The van der Waals surface area contributed by atoms with Crippen molar-refractivity contribution >= 4 is 34.9 Å². The molecule has 0 spiro atoms. The Bertz CT molecular complexity index is 1130. The summed E-state index contributed by atoms with van der Waals surface area (Å²) < 4.78 is 12.5. The second-order valence-electron chi connectivity index (χ2n) is 6.71. The van der Waals surface area contributed by atoms with Crippen LogP contribution in [0.1, 0.15) is 18.5 Å². The molecule has 0 saturated heterocycles. The second kappa shape index (κ2) is 6.85. The Morgan fingerprint density at radius 1 is 1.17 bits per heavy atom. The van der Waals surface area contributed by atoms with Crippen molar-refractivity contribution in [1.82, 2.24) is 20.2 Å². The number of benzene rings is 2. The Hall–Kier alpha value is -3.46. The molecule has 1 N–H and O–H groups in total. The molecule has 0 saturated carbocycles. The minimum atomic E-state index is -0.623. The first kappa shape index (κ1) is 17.6. The van der Waals surface area contributed by atoms with Crippen LogP contribution in [0.25, 0.3) is 0 Å². The van der Waals surface area contributed by atoms with E-state index in [0.29, 0.717) is 33.9 Å². The number of hydrogen-bond acceptors (Lipinski definition) is 7. The maximum atomic E-state index is 13.2. The first-order valence-corrected chi connectivity index (χ1v) is 9.27.